The molecule has 72 valence electrons. The smallest absolute Gasteiger partial charge is 0.107 e. The van der Waals surface area contributed by atoms with Gasteiger partial charge in [0.2, 0.25) is 0 Å². The summed E-state index contributed by atoms with van der Waals surface area (Å²) < 4.78 is 13.0. The van der Waals surface area contributed by atoms with E-state index >= 15 is 0 Å². The van der Waals surface area contributed by atoms with Gasteiger partial charge < -0.3 is 10.8 Å². The summed E-state index contributed by atoms with van der Waals surface area (Å²) in [6.45, 7) is -0.725. The molecule has 0 radical (unpaired) electrons. The van der Waals surface area contributed by atoms with Gasteiger partial charge in [-0.2, -0.15) is 0 Å². The van der Waals surface area contributed by atoms with E-state index in [1.54, 1.807) is 24.3 Å². The highest BCUT2D eigenvalue weighted by Gasteiger charge is 2.15. The molecule has 0 aliphatic heterocycles. The minimum Gasteiger partial charge on any atom is -0.387 e. The monoisotopic (exact) mass is 247 g/mol. The number of hydrogen-bond donors (Lipinski definition) is 2. The zero-order chi connectivity index (χ0) is 9.84. The molecule has 0 saturated heterocycles. The van der Waals surface area contributed by atoms with Crippen LogP contribution in [0.5, 0.6) is 0 Å². The van der Waals surface area contributed by atoms with Crippen LogP contribution in [-0.4, -0.2) is 17.8 Å². The predicted molar refractivity (Wildman–Crippen MR) is 53.1 cm³/mol. The third-order valence-electron chi connectivity index (χ3n) is 1.80. The van der Waals surface area contributed by atoms with Crippen LogP contribution in [0.1, 0.15) is 11.7 Å². The van der Waals surface area contributed by atoms with Crippen molar-refractivity contribution in [2.45, 2.75) is 12.1 Å². The first-order chi connectivity index (χ1) is 6.15. The Labute approximate surface area is 84.7 Å². The van der Waals surface area contributed by atoms with E-state index in [9.17, 15) is 9.50 Å². The summed E-state index contributed by atoms with van der Waals surface area (Å²) in [5, 5.41) is 9.50. The van der Waals surface area contributed by atoms with E-state index < -0.39 is 18.8 Å². The van der Waals surface area contributed by atoms with Crippen LogP contribution in [0.3, 0.4) is 0 Å². The van der Waals surface area contributed by atoms with Gasteiger partial charge >= 0.3 is 0 Å². The van der Waals surface area contributed by atoms with Gasteiger partial charge in [0, 0.05) is 4.47 Å². The molecule has 0 saturated carbocycles. The number of halogens is 2. The van der Waals surface area contributed by atoms with E-state index in [-0.39, 0.29) is 0 Å². The zero-order valence-electron chi connectivity index (χ0n) is 6.95. The van der Waals surface area contributed by atoms with Gasteiger partial charge in [0.15, 0.2) is 0 Å². The van der Waals surface area contributed by atoms with Crippen molar-refractivity contribution in [2.24, 2.45) is 5.73 Å². The predicted octanol–water partition coefficient (Wildman–Crippen LogP) is 1.78. The summed E-state index contributed by atoms with van der Waals surface area (Å²) in [4.78, 5) is 0. The Balaban J connectivity index is 2.77. The largest absolute Gasteiger partial charge is 0.387 e. The molecule has 13 heavy (non-hydrogen) atoms. The molecule has 0 aromatic heterocycles. The Morgan fingerprint density at radius 1 is 1.38 bits per heavy atom. The number of aliphatic hydroxyl groups excluding tert-OH is 1. The molecule has 4 heteroatoms. The van der Waals surface area contributed by atoms with Crippen molar-refractivity contribution in [3.05, 3.63) is 34.3 Å². The number of hydrogen-bond acceptors (Lipinski definition) is 2. The quantitative estimate of drug-likeness (QED) is 0.856. The first kappa shape index (κ1) is 10.6. The third-order valence-corrected chi connectivity index (χ3v) is 2.32. The highest BCUT2D eigenvalue weighted by molar-refractivity contribution is 9.10. The van der Waals surface area contributed by atoms with Gasteiger partial charge in [-0.1, -0.05) is 28.1 Å². The highest BCUT2D eigenvalue weighted by atomic mass is 79.9. The average molecular weight is 248 g/mol. The molecule has 3 N–H and O–H groups in total. The lowest BCUT2D eigenvalue weighted by Crippen LogP contribution is -2.30. The summed E-state index contributed by atoms with van der Waals surface area (Å²) in [6.07, 6.45) is -0.932. The second kappa shape index (κ2) is 4.69. The Morgan fingerprint density at radius 3 is 2.38 bits per heavy atom. The zero-order valence-corrected chi connectivity index (χ0v) is 8.54. The second-order valence-corrected chi connectivity index (χ2v) is 3.73. The molecular formula is C9H11BrFNO. The fourth-order valence-corrected chi connectivity index (χ4v) is 1.26. The molecular weight excluding hydrogens is 237 g/mol. The van der Waals surface area contributed by atoms with Gasteiger partial charge in [0.05, 0.1) is 12.1 Å². The first-order valence-corrected chi connectivity index (χ1v) is 4.69. The number of aliphatic hydroxyl groups is 1. The second-order valence-electron chi connectivity index (χ2n) is 2.81. The Hall–Kier alpha value is -0.450. The molecule has 2 atom stereocenters. The van der Waals surface area contributed by atoms with Crippen LogP contribution in [0.15, 0.2) is 28.7 Å². The molecule has 1 aromatic rings. The van der Waals surface area contributed by atoms with E-state index in [1.165, 1.54) is 0 Å². The molecule has 0 aliphatic rings. The van der Waals surface area contributed by atoms with Gasteiger partial charge in [-0.15, -0.1) is 0 Å². The van der Waals surface area contributed by atoms with Gasteiger partial charge in [0.25, 0.3) is 0 Å². The van der Waals surface area contributed by atoms with Gasteiger partial charge in [-0.25, -0.2) is 4.39 Å². The molecule has 1 aromatic carbocycles. The van der Waals surface area contributed by atoms with Gasteiger partial charge in [0.1, 0.15) is 6.67 Å². The maximum absolute atomic E-state index is 12.1. The Bertz CT molecular complexity index is 265. The molecule has 0 amide bonds. The van der Waals surface area contributed by atoms with Crippen LogP contribution in [0.2, 0.25) is 0 Å². The van der Waals surface area contributed by atoms with Crippen molar-refractivity contribution < 1.29 is 9.50 Å². The van der Waals surface area contributed by atoms with E-state index in [0.717, 1.165) is 4.47 Å². The van der Waals surface area contributed by atoms with Crippen LogP contribution >= 0.6 is 15.9 Å². The Kier molecular flexibility index (Phi) is 3.84. The topological polar surface area (TPSA) is 46.2 Å². The number of rotatable bonds is 3. The molecule has 2 unspecified atom stereocenters. The molecule has 0 fully saturated rings. The summed E-state index contributed by atoms with van der Waals surface area (Å²) in [7, 11) is 0. The fraction of sp³-hybridized carbons (Fsp3) is 0.333. The standard InChI is InChI=1S/C9H11BrFNO/c10-7-3-1-6(2-4-7)9(13)8(12)5-11/h1-4,8-9,13H,5,12H2. The fourth-order valence-electron chi connectivity index (χ4n) is 0.992. The van der Waals surface area contributed by atoms with Crippen molar-refractivity contribution in [1.82, 2.24) is 0 Å². The van der Waals surface area contributed by atoms with Crippen molar-refractivity contribution in [3.63, 3.8) is 0 Å². The van der Waals surface area contributed by atoms with Gasteiger partial charge in [-0.05, 0) is 17.7 Å². The lowest BCUT2D eigenvalue weighted by atomic mass is 10.0. The molecule has 2 nitrogen and oxygen atoms in total. The third kappa shape index (κ3) is 2.76. The van der Waals surface area contributed by atoms with Crippen LogP contribution < -0.4 is 5.73 Å². The first-order valence-electron chi connectivity index (χ1n) is 3.90. The summed E-state index contributed by atoms with van der Waals surface area (Å²) in [6, 6.07) is 6.14. The van der Waals surface area contributed by atoms with E-state index in [0.29, 0.717) is 5.56 Å². The lowest BCUT2D eigenvalue weighted by molar-refractivity contribution is 0.132. The van der Waals surface area contributed by atoms with Gasteiger partial charge in [-0.3, -0.25) is 0 Å². The molecule has 0 aliphatic carbocycles. The van der Waals surface area contributed by atoms with Crippen LogP contribution in [0.4, 0.5) is 4.39 Å². The number of benzene rings is 1. The molecule has 0 spiro atoms. The summed E-state index contributed by atoms with van der Waals surface area (Å²) in [5.74, 6) is 0. The minimum atomic E-state index is -0.932. The van der Waals surface area contributed by atoms with Crippen LogP contribution in [0.25, 0.3) is 0 Å². The van der Waals surface area contributed by atoms with E-state index in [4.69, 9.17) is 5.73 Å². The maximum Gasteiger partial charge on any atom is 0.107 e. The summed E-state index contributed by atoms with van der Waals surface area (Å²) >= 11 is 3.26. The minimum absolute atomic E-state index is 0.633. The SMILES string of the molecule is NC(CF)C(O)c1ccc(Br)cc1. The van der Waals surface area contributed by atoms with Crippen molar-refractivity contribution in [1.29, 1.82) is 0 Å². The lowest BCUT2D eigenvalue weighted by Gasteiger charge is -2.15. The van der Waals surface area contributed by atoms with E-state index in [1.807, 2.05) is 0 Å². The number of nitrogens with two attached hydrogens (primary N) is 1. The maximum atomic E-state index is 12.1. The summed E-state index contributed by atoms with van der Waals surface area (Å²) in [5.41, 5.74) is 5.98. The van der Waals surface area contributed by atoms with E-state index in [2.05, 4.69) is 15.9 Å². The molecule has 0 bridgehead atoms. The molecule has 0 heterocycles. The number of alkyl halides is 1. The average Bonchev–Trinajstić information content (AvgIpc) is 2.17. The van der Waals surface area contributed by atoms with Crippen molar-refractivity contribution in [3.8, 4) is 0 Å². The molecule has 1 rings (SSSR count). The van der Waals surface area contributed by atoms with Crippen LogP contribution in [0, 0.1) is 0 Å². The Morgan fingerprint density at radius 2 is 1.92 bits per heavy atom. The normalized spacial score (nSPS) is 15.4. The van der Waals surface area contributed by atoms with Crippen LogP contribution in [-0.2, 0) is 0 Å². The van der Waals surface area contributed by atoms with Crippen molar-refractivity contribution >= 4 is 15.9 Å². The van der Waals surface area contributed by atoms with Crippen molar-refractivity contribution in [2.75, 3.05) is 6.67 Å². The highest BCUT2D eigenvalue weighted by Crippen LogP contribution is 2.18.